The van der Waals surface area contributed by atoms with Gasteiger partial charge in [0.05, 0.1) is 22.9 Å². The van der Waals surface area contributed by atoms with E-state index in [0.29, 0.717) is 6.29 Å². The first kappa shape index (κ1) is 16.4. The molecule has 0 N–H and O–H groups in total. The maximum atomic E-state index is 12.8. The predicted molar refractivity (Wildman–Crippen MR) is 78.3 cm³/mol. The van der Waals surface area contributed by atoms with Crippen molar-refractivity contribution in [3.05, 3.63) is 63.8 Å². The van der Waals surface area contributed by atoms with Gasteiger partial charge in [0.15, 0.2) is 12.0 Å². The number of furan rings is 1. The molecule has 0 aliphatic carbocycles. The van der Waals surface area contributed by atoms with Gasteiger partial charge in [-0.25, -0.2) is 4.68 Å². The number of benzene rings is 1. The highest BCUT2D eigenvalue weighted by Crippen LogP contribution is 2.31. The van der Waals surface area contributed by atoms with Crippen molar-refractivity contribution in [3.63, 3.8) is 0 Å². The van der Waals surface area contributed by atoms with Crippen molar-refractivity contribution in [3.8, 4) is 17.1 Å². The van der Waals surface area contributed by atoms with Crippen LogP contribution in [0.4, 0.5) is 19.1 Å². The summed E-state index contributed by atoms with van der Waals surface area (Å²) in [5.74, 6) is -0.583. The second-order valence-corrected chi connectivity index (χ2v) is 4.94. The lowest BCUT2D eigenvalue weighted by atomic mass is 10.2. The van der Waals surface area contributed by atoms with E-state index in [1.807, 2.05) is 0 Å². The Hall–Kier alpha value is -3.43. The van der Waals surface area contributed by atoms with E-state index in [1.54, 1.807) is 0 Å². The first-order valence-corrected chi connectivity index (χ1v) is 6.76. The molecule has 0 aliphatic heterocycles. The molecule has 0 atom stereocenters. The summed E-state index contributed by atoms with van der Waals surface area (Å²) in [5.41, 5.74) is -0.796. The van der Waals surface area contributed by atoms with Gasteiger partial charge in [0.2, 0.25) is 0 Å². The number of alkyl halides is 3. The van der Waals surface area contributed by atoms with Gasteiger partial charge in [-0.3, -0.25) is 14.9 Å². The molecule has 0 bridgehead atoms. The van der Waals surface area contributed by atoms with Crippen LogP contribution in [0.25, 0.3) is 17.1 Å². The van der Waals surface area contributed by atoms with Crippen molar-refractivity contribution in [2.75, 3.05) is 0 Å². The number of aldehydes is 1. The van der Waals surface area contributed by atoms with Gasteiger partial charge in [-0.1, -0.05) is 6.07 Å². The van der Waals surface area contributed by atoms with Crippen molar-refractivity contribution >= 4 is 12.2 Å². The Labute approximate surface area is 137 Å². The van der Waals surface area contributed by atoms with Gasteiger partial charge in [-0.05, 0) is 24.3 Å². The number of halogens is 3. The summed E-state index contributed by atoms with van der Waals surface area (Å²) in [6.07, 6.45) is -2.88. The quantitative estimate of drug-likeness (QED) is 0.404. The minimum Gasteiger partial charge on any atom is -0.399 e. The summed E-state index contributed by atoms with van der Waals surface area (Å²) in [4.78, 5) is 21.1. The summed E-state index contributed by atoms with van der Waals surface area (Å²) in [6.45, 7) is 0. The molecule has 128 valence electrons. The summed E-state index contributed by atoms with van der Waals surface area (Å²) in [7, 11) is 0. The van der Waals surface area contributed by atoms with E-state index in [0.717, 1.165) is 22.9 Å². The van der Waals surface area contributed by atoms with Crippen molar-refractivity contribution in [1.29, 1.82) is 0 Å². The molecule has 2 heterocycles. The van der Waals surface area contributed by atoms with Crippen LogP contribution in [0.1, 0.15) is 15.9 Å². The molecule has 10 heteroatoms. The van der Waals surface area contributed by atoms with Crippen LogP contribution in [0.5, 0.6) is 0 Å². The summed E-state index contributed by atoms with van der Waals surface area (Å²) in [6, 6.07) is 6.71. The van der Waals surface area contributed by atoms with Crippen molar-refractivity contribution in [1.82, 2.24) is 9.78 Å². The van der Waals surface area contributed by atoms with Gasteiger partial charge in [0, 0.05) is 6.20 Å². The molecule has 3 aromatic rings. The van der Waals surface area contributed by atoms with Crippen LogP contribution < -0.4 is 0 Å². The normalized spacial score (nSPS) is 11.5. The highest BCUT2D eigenvalue weighted by molar-refractivity contribution is 5.84. The average molecular weight is 351 g/mol. The number of carbonyl (C=O) groups is 1. The topological polar surface area (TPSA) is 91.2 Å². The molecule has 0 saturated heterocycles. The number of rotatable bonds is 4. The second-order valence-electron chi connectivity index (χ2n) is 4.94. The number of aromatic nitrogens is 2. The Morgan fingerprint density at radius 3 is 2.60 bits per heavy atom. The van der Waals surface area contributed by atoms with E-state index in [-0.39, 0.29) is 22.7 Å². The molecule has 0 radical (unpaired) electrons. The van der Waals surface area contributed by atoms with Gasteiger partial charge in [0.25, 0.3) is 0 Å². The molecule has 25 heavy (non-hydrogen) atoms. The number of hydrogen-bond donors (Lipinski definition) is 0. The molecule has 0 spiro atoms. The molecule has 0 saturated carbocycles. The Morgan fingerprint density at radius 1 is 1.24 bits per heavy atom. The van der Waals surface area contributed by atoms with Gasteiger partial charge >= 0.3 is 12.1 Å². The molecule has 0 amide bonds. The largest absolute Gasteiger partial charge is 0.433 e. The van der Waals surface area contributed by atoms with E-state index in [4.69, 9.17) is 4.42 Å². The maximum Gasteiger partial charge on any atom is 0.433 e. The molecule has 7 nitrogen and oxygen atoms in total. The molecule has 0 unspecified atom stereocenters. The van der Waals surface area contributed by atoms with E-state index >= 15 is 0 Å². The number of hydrogen-bond acceptors (Lipinski definition) is 5. The maximum absolute atomic E-state index is 12.8. The highest BCUT2D eigenvalue weighted by atomic mass is 19.4. The smallest absolute Gasteiger partial charge is 0.399 e. The molecular weight excluding hydrogens is 343 g/mol. The average Bonchev–Trinajstić information content (AvgIpc) is 3.20. The Balaban J connectivity index is 2.06. The van der Waals surface area contributed by atoms with Gasteiger partial charge < -0.3 is 4.42 Å². The second kappa shape index (κ2) is 5.89. The number of nitro groups is 1. The summed E-state index contributed by atoms with van der Waals surface area (Å²) >= 11 is 0. The third-order valence-electron chi connectivity index (χ3n) is 3.31. The first-order chi connectivity index (χ1) is 11.8. The molecule has 0 aliphatic rings. The third-order valence-corrected chi connectivity index (χ3v) is 3.31. The lowest BCUT2D eigenvalue weighted by Gasteiger charge is -2.08. The minimum absolute atomic E-state index is 0.0134. The van der Waals surface area contributed by atoms with E-state index in [1.165, 1.54) is 24.4 Å². The lowest BCUT2D eigenvalue weighted by Crippen LogP contribution is -2.06. The highest BCUT2D eigenvalue weighted by Gasteiger charge is 2.30. The summed E-state index contributed by atoms with van der Waals surface area (Å²) in [5, 5.41) is 14.7. The molecule has 2 aromatic heterocycles. The molecule has 1 aromatic carbocycles. The molecular formula is C15H8F3N3O4. The number of carbonyl (C=O) groups excluding carboxylic acids is 1. The third kappa shape index (κ3) is 3.13. The van der Waals surface area contributed by atoms with Gasteiger partial charge in [-0.2, -0.15) is 18.3 Å². The van der Waals surface area contributed by atoms with Crippen LogP contribution in [0.15, 0.2) is 47.0 Å². The monoisotopic (exact) mass is 351 g/mol. The van der Waals surface area contributed by atoms with Crippen LogP contribution in [-0.2, 0) is 6.18 Å². The van der Waals surface area contributed by atoms with Crippen molar-refractivity contribution < 1.29 is 27.3 Å². The predicted octanol–water partition coefficient (Wildman–Crippen LogP) is 3.87. The molecule has 3 rings (SSSR count). The number of nitrogens with zero attached hydrogens (tertiary/aromatic N) is 3. The SMILES string of the molecule is O=Cc1cn(-c2cccc(C(F)(F)F)c2)nc1-c1ccc([N+](=O)[O-])o1. The fraction of sp³-hybridized carbons (Fsp3) is 0.0667. The first-order valence-electron chi connectivity index (χ1n) is 6.76. The zero-order valence-corrected chi connectivity index (χ0v) is 12.2. The Kier molecular flexibility index (Phi) is 3.87. The Morgan fingerprint density at radius 2 is 2.00 bits per heavy atom. The van der Waals surface area contributed by atoms with Gasteiger partial charge in [-0.15, -0.1) is 0 Å². The minimum atomic E-state index is -4.53. The van der Waals surface area contributed by atoms with Crippen LogP contribution in [-0.4, -0.2) is 21.0 Å². The standard InChI is InChI=1S/C15H8F3N3O4/c16-15(17,18)10-2-1-3-11(6-10)20-7-9(8-22)14(19-20)12-4-5-13(25-12)21(23)24/h1-8H. The molecule has 0 fully saturated rings. The van der Waals surface area contributed by atoms with Crippen LogP contribution in [0.2, 0.25) is 0 Å². The van der Waals surface area contributed by atoms with Crippen LogP contribution >= 0.6 is 0 Å². The van der Waals surface area contributed by atoms with Gasteiger partial charge in [0.1, 0.15) is 10.6 Å². The van der Waals surface area contributed by atoms with E-state index in [2.05, 4.69) is 5.10 Å². The van der Waals surface area contributed by atoms with Crippen molar-refractivity contribution in [2.45, 2.75) is 6.18 Å². The zero-order chi connectivity index (χ0) is 18.2. The van der Waals surface area contributed by atoms with E-state index in [9.17, 15) is 28.1 Å². The lowest BCUT2D eigenvalue weighted by molar-refractivity contribution is -0.401. The zero-order valence-electron chi connectivity index (χ0n) is 12.2. The Bertz CT molecular complexity index is 959. The van der Waals surface area contributed by atoms with Crippen LogP contribution in [0, 0.1) is 10.1 Å². The van der Waals surface area contributed by atoms with E-state index < -0.39 is 22.5 Å². The van der Waals surface area contributed by atoms with Crippen LogP contribution in [0.3, 0.4) is 0 Å². The fourth-order valence-corrected chi connectivity index (χ4v) is 2.18. The van der Waals surface area contributed by atoms with Crippen molar-refractivity contribution in [2.24, 2.45) is 0 Å². The summed E-state index contributed by atoms with van der Waals surface area (Å²) < 4.78 is 44.5. The fourth-order valence-electron chi connectivity index (χ4n) is 2.18.